The molecule has 0 radical (unpaired) electrons. The van der Waals surface area contributed by atoms with E-state index in [4.69, 9.17) is 47.5 Å². The number of nitrogens with zero attached hydrogens (tertiary/aromatic N) is 1. The smallest absolute Gasteiger partial charge is 0.313 e. The minimum atomic E-state index is -1.96. The topological polar surface area (TPSA) is 232 Å². The minimum absolute atomic E-state index is 0.0533. The van der Waals surface area contributed by atoms with Crippen LogP contribution in [0.3, 0.4) is 0 Å². The lowest BCUT2D eigenvalue weighted by molar-refractivity contribution is -0.236. The average Bonchev–Trinajstić information content (AvgIpc) is 3.42. The van der Waals surface area contributed by atoms with E-state index in [-0.39, 0.29) is 19.8 Å². The van der Waals surface area contributed by atoms with E-state index in [0.717, 1.165) is 59.1 Å². The molecular formula is C37H51NO18. The maximum Gasteiger partial charge on any atom is 0.313 e. The summed E-state index contributed by atoms with van der Waals surface area (Å²) < 4.78 is 50.2. The first-order chi connectivity index (χ1) is 26.3. The van der Waals surface area contributed by atoms with Gasteiger partial charge in [0.25, 0.3) is 0 Å². The van der Waals surface area contributed by atoms with Crippen molar-refractivity contribution in [2.75, 3.05) is 20.3 Å². The molecule has 10 atom stereocenters. The third-order valence-electron chi connectivity index (χ3n) is 8.02. The second kappa shape index (κ2) is 22.4. The van der Waals surface area contributed by atoms with Crippen molar-refractivity contribution in [2.24, 2.45) is 5.92 Å². The van der Waals surface area contributed by atoms with Crippen molar-refractivity contribution >= 4 is 47.8 Å². The Balaban J connectivity index is 2.86. The molecule has 1 heterocycles. The zero-order valence-electron chi connectivity index (χ0n) is 33.1. The molecule has 1 fully saturated rings. The number of esters is 8. The Bertz CT molecular complexity index is 1530. The summed E-state index contributed by atoms with van der Waals surface area (Å²) >= 11 is 0. The predicted molar refractivity (Wildman–Crippen MR) is 187 cm³/mol. The molecule has 56 heavy (non-hydrogen) atoms. The van der Waals surface area contributed by atoms with Gasteiger partial charge in [-0.15, -0.1) is 0 Å². The van der Waals surface area contributed by atoms with Gasteiger partial charge in [-0.2, -0.15) is 5.06 Å². The Morgan fingerprint density at radius 1 is 0.643 bits per heavy atom. The standard InChI is InChI=1S/C37H51NO18/c1-11-48-37(46)29-30(32(52-23(6)42)28(50-21(4)40)18-47-17-27-15-13-12-14-16-27)38(10)56-33(29)35(54-25(8)44)36(55-26(9)45)34(53-24(7)43)31(51-22(5)41)19(2)49-20(3)39/h12-16,19,28-36H,11,17-18H2,1-10H3/t19?,28?,29-,30?,31?,32?,33?,34?,35?,36?/m1/s1. The van der Waals surface area contributed by atoms with Crippen LogP contribution in [0, 0.1) is 5.92 Å². The third-order valence-corrected chi connectivity index (χ3v) is 8.02. The van der Waals surface area contributed by atoms with Gasteiger partial charge in [0.05, 0.1) is 25.9 Å². The highest BCUT2D eigenvalue weighted by Gasteiger charge is 2.61. The molecule has 1 aliphatic rings. The highest BCUT2D eigenvalue weighted by atomic mass is 16.7. The summed E-state index contributed by atoms with van der Waals surface area (Å²) in [6, 6.07) is 7.57. The summed E-state index contributed by atoms with van der Waals surface area (Å²) in [4.78, 5) is 108. The Morgan fingerprint density at radius 3 is 1.62 bits per heavy atom. The van der Waals surface area contributed by atoms with Gasteiger partial charge < -0.3 is 42.6 Å². The van der Waals surface area contributed by atoms with E-state index in [1.807, 2.05) is 6.07 Å². The monoisotopic (exact) mass is 797 g/mol. The van der Waals surface area contributed by atoms with Gasteiger partial charge >= 0.3 is 47.8 Å². The number of ether oxygens (including phenoxy) is 9. The van der Waals surface area contributed by atoms with Crippen LogP contribution in [0.25, 0.3) is 0 Å². The zero-order valence-corrected chi connectivity index (χ0v) is 33.1. The zero-order chi connectivity index (χ0) is 42.3. The molecule has 19 nitrogen and oxygen atoms in total. The number of hydrogen-bond donors (Lipinski definition) is 0. The first kappa shape index (κ1) is 47.0. The van der Waals surface area contributed by atoms with Crippen LogP contribution in [-0.4, -0.2) is 128 Å². The Morgan fingerprint density at radius 2 is 1.12 bits per heavy atom. The highest BCUT2D eigenvalue weighted by molar-refractivity contribution is 5.76. The summed E-state index contributed by atoms with van der Waals surface area (Å²) in [5.41, 5.74) is 0.766. The van der Waals surface area contributed by atoms with E-state index in [0.29, 0.717) is 0 Å². The molecule has 19 heteroatoms. The van der Waals surface area contributed by atoms with Crippen LogP contribution in [0.2, 0.25) is 0 Å². The second-order valence-corrected chi connectivity index (χ2v) is 12.7. The van der Waals surface area contributed by atoms with Crippen LogP contribution in [-0.2, 0) is 92.4 Å². The van der Waals surface area contributed by atoms with Gasteiger partial charge in [0, 0.05) is 55.5 Å². The Labute approximate surface area is 324 Å². The maximum absolute atomic E-state index is 14.1. The van der Waals surface area contributed by atoms with Crippen LogP contribution < -0.4 is 0 Å². The lowest BCUT2D eigenvalue weighted by Gasteiger charge is -2.39. The molecule has 1 aliphatic heterocycles. The van der Waals surface area contributed by atoms with Crippen molar-refractivity contribution in [1.29, 1.82) is 0 Å². The van der Waals surface area contributed by atoms with Crippen LogP contribution in [0.5, 0.6) is 0 Å². The molecule has 0 spiro atoms. The fourth-order valence-corrected chi connectivity index (χ4v) is 6.26. The number of carbonyl (C=O) groups is 8. The molecule has 0 N–H and O–H groups in total. The fraction of sp³-hybridized carbons (Fsp3) is 0.622. The first-order valence-electron chi connectivity index (χ1n) is 17.7. The summed E-state index contributed by atoms with van der Waals surface area (Å²) in [6.45, 7) is 9.54. The van der Waals surface area contributed by atoms with Crippen LogP contribution in [0.15, 0.2) is 30.3 Å². The summed E-state index contributed by atoms with van der Waals surface area (Å²) in [6.07, 6.45) is -13.5. The third kappa shape index (κ3) is 14.5. The number of hydroxylamine groups is 2. The van der Waals surface area contributed by atoms with E-state index >= 15 is 0 Å². The lowest BCUT2D eigenvalue weighted by atomic mass is 9.83. The van der Waals surface area contributed by atoms with Crippen molar-refractivity contribution in [1.82, 2.24) is 5.06 Å². The molecular weight excluding hydrogens is 746 g/mol. The van der Waals surface area contributed by atoms with Crippen molar-refractivity contribution in [3.05, 3.63) is 35.9 Å². The molecule has 0 saturated carbocycles. The number of benzene rings is 1. The molecule has 0 amide bonds. The number of rotatable bonds is 20. The second-order valence-electron chi connectivity index (χ2n) is 12.7. The fourth-order valence-electron chi connectivity index (χ4n) is 6.26. The SMILES string of the molecule is CCOC(=O)[C@H]1C(C(OC(C)=O)C(OC(C)=O)C(OC(C)=O)C(OC(C)=O)C(C)OC(C)=O)ON(C)C1C(OC(C)=O)C(COCc1ccccc1)OC(C)=O. The number of likely N-dealkylation sites (N-methyl/N-ethyl adjacent to an activating group) is 1. The average molecular weight is 798 g/mol. The lowest BCUT2D eigenvalue weighted by Crippen LogP contribution is -2.60. The maximum atomic E-state index is 14.1. The van der Waals surface area contributed by atoms with Gasteiger partial charge in [0.15, 0.2) is 36.6 Å². The number of hydrogen-bond acceptors (Lipinski definition) is 19. The van der Waals surface area contributed by atoms with Crippen molar-refractivity contribution < 1.29 is 85.8 Å². The summed E-state index contributed by atoms with van der Waals surface area (Å²) in [5, 5.41) is 1.08. The van der Waals surface area contributed by atoms with Crippen molar-refractivity contribution in [3.63, 3.8) is 0 Å². The molecule has 312 valence electrons. The van der Waals surface area contributed by atoms with Crippen LogP contribution in [0.1, 0.15) is 67.9 Å². The van der Waals surface area contributed by atoms with Gasteiger partial charge in [-0.3, -0.25) is 43.2 Å². The molecule has 1 aromatic carbocycles. The Kier molecular flexibility index (Phi) is 18.8. The Hall–Kier alpha value is -5.14. The van der Waals surface area contributed by atoms with Gasteiger partial charge in [-0.25, -0.2) is 0 Å². The van der Waals surface area contributed by atoms with E-state index in [2.05, 4.69) is 0 Å². The van der Waals surface area contributed by atoms with Gasteiger partial charge in [-0.1, -0.05) is 30.3 Å². The van der Waals surface area contributed by atoms with E-state index in [1.54, 1.807) is 24.3 Å². The van der Waals surface area contributed by atoms with E-state index in [9.17, 15) is 38.4 Å². The number of carbonyl (C=O) groups excluding carboxylic acids is 8. The van der Waals surface area contributed by atoms with Crippen LogP contribution >= 0.6 is 0 Å². The molecule has 1 saturated heterocycles. The van der Waals surface area contributed by atoms with Gasteiger partial charge in [-0.05, 0) is 19.4 Å². The van der Waals surface area contributed by atoms with Crippen LogP contribution in [0.4, 0.5) is 0 Å². The molecule has 0 bridgehead atoms. The van der Waals surface area contributed by atoms with Crippen molar-refractivity contribution in [3.8, 4) is 0 Å². The molecule has 1 aromatic rings. The minimum Gasteiger partial charge on any atom is -0.466 e. The first-order valence-corrected chi connectivity index (χ1v) is 17.7. The molecule has 0 aliphatic carbocycles. The highest BCUT2D eigenvalue weighted by Crippen LogP contribution is 2.38. The van der Waals surface area contributed by atoms with E-state index in [1.165, 1.54) is 20.9 Å². The predicted octanol–water partition coefficient (Wildman–Crippen LogP) is 1.54. The normalized spacial score (nSPS) is 20.4. The van der Waals surface area contributed by atoms with Crippen molar-refractivity contribution in [2.45, 2.75) is 124 Å². The summed E-state index contributed by atoms with van der Waals surface area (Å²) in [7, 11) is 1.34. The summed E-state index contributed by atoms with van der Waals surface area (Å²) in [5.74, 6) is -9.07. The molecule has 9 unspecified atom stereocenters. The largest absolute Gasteiger partial charge is 0.466 e. The quantitative estimate of drug-likeness (QED) is 0.134. The van der Waals surface area contributed by atoms with Gasteiger partial charge in [0.1, 0.15) is 18.1 Å². The van der Waals surface area contributed by atoms with E-state index < -0.39 is 109 Å². The molecule has 2 rings (SSSR count). The molecule has 0 aromatic heterocycles. The van der Waals surface area contributed by atoms with Gasteiger partial charge in [0.2, 0.25) is 0 Å².